The number of pyridine rings is 1. The zero-order valence-corrected chi connectivity index (χ0v) is 11.4. The van der Waals surface area contributed by atoms with Crippen molar-refractivity contribution in [3.05, 3.63) is 53.9 Å². The van der Waals surface area contributed by atoms with Crippen LogP contribution in [0.15, 0.2) is 42.7 Å². The van der Waals surface area contributed by atoms with E-state index in [-0.39, 0.29) is 5.91 Å². The molecule has 5 nitrogen and oxygen atoms in total. The Morgan fingerprint density at radius 1 is 1.15 bits per heavy atom. The van der Waals surface area contributed by atoms with Gasteiger partial charge in [-0.15, -0.1) is 0 Å². The zero-order chi connectivity index (χ0) is 14.4. The van der Waals surface area contributed by atoms with Crippen LogP contribution in [0.3, 0.4) is 0 Å². The SMILES string of the molecule is COc1ccc(OC)c(C(=O)NCc2ccncc2)c1. The van der Waals surface area contributed by atoms with Crippen LogP contribution in [-0.4, -0.2) is 25.1 Å². The number of hydrogen-bond donors (Lipinski definition) is 1. The molecular formula is C15H16N2O3. The molecule has 2 rings (SSSR count). The molecule has 2 aromatic rings. The van der Waals surface area contributed by atoms with Crippen molar-refractivity contribution in [2.45, 2.75) is 6.54 Å². The quantitative estimate of drug-likeness (QED) is 0.904. The van der Waals surface area contributed by atoms with Crippen LogP contribution >= 0.6 is 0 Å². The van der Waals surface area contributed by atoms with Crippen LogP contribution in [0, 0.1) is 0 Å². The first-order valence-corrected chi connectivity index (χ1v) is 6.13. The van der Waals surface area contributed by atoms with Gasteiger partial charge in [-0.3, -0.25) is 9.78 Å². The van der Waals surface area contributed by atoms with E-state index in [4.69, 9.17) is 9.47 Å². The molecule has 0 atom stereocenters. The second-order valence-corrected chi connectivity index (χ2v) is 4.10. The third kappa shape index (κ3) is 3.26. The lowest BCUT2D eigenvalue weighted by atomic mass is 10.1. The Kier molecular flexibility index (Phi) is 4.55. The van der Waals surface area contributed by atoms with Crippen LogP contribution in [0.1, 0.15) is 15.9 Å². The number of nitrogens with one attached hydrogen (secondary N) is 1. The minimum atomic E-state index is -0.211. The fourth-order valence-corrected chi connectivity index (χ4v) is 1.77. The minimum absolute atomic E-state index is 0.211. The minimum Gasteiger partial charge on any atom is -0.497 e. The van der Waals surface area contributed by atoms with Gasteiger partial charge in [-0.1, -0.05) is 0 Å². The number of aromatic nitrogens is 1. The second-order valence-electron chi connectivity index (χ2n) is 4.10. The van der Waals surface area contributed by atoms with Crippen molar-refractivity contribution in [2.75, 3.05) is 14.2 Å². The summed E-state index contributed by atoms with van der Waals surface area (Å²) in [5.74, 6) is 0.912. The topological polar surface area (TPSA) is 60.5 Å². The molecule has 1 aromatic heterocycles. The Labute approximate surface area is 117 Å². The maximum Gasteiger partial charge on any atom is 0.255 e. The summed E-state index contributed by atoms with van der Waals surface area (Å²) in [5, 5.41) is 2.84. The number of carbonyl (C=O) groups is 1. The summed E-state index contributed by atoms with van der Waals surface area (Å²) >= 11 is 0. The van der Waals surface area contributed by atoms with Gasteiger partial charge >= 0.3 is 0 Å². The largest absolute Gasteiger partial charge is 0.497 e. The first-order valence-electron chi connectivity index (χ1n) is 6.13. The molecule has 20 heavy (non-hydrogen) atoms. The summed E-state index contributed by atoms with van der Waals surface area (Å²) in [5.41, 5.74) is 1.43. The monoisotopic (exact) mass is 272 g/mol. The molecule has 1 heterocycles. The Hall–Kier alpha value is -2.56. The van der Waals surface area contributed by atoms with Gasteiger partial charge in [0.1, 0.15) is 11.5 Å². The van der Waals surface area contributed by atoms with Crippen molar-refractivity contribution in [3.63, 3.8) is 0 Å². The van der Waals surface area contributed by atoms with E-state index in [1.807, 2.05) is 12.1 Å². The van der Waals surface area contributed by atoms with E-state index in [9.17, 15) is 4.79 Å². The Morgan fingerprint density at radius 2 is 1.90 bits per heavy atom. The summed E-state index contributed by atoms with van der Waals surface area (Å²) in [4.78, 5) is 16.1. The average Bonchev–Trinajstić information content (AvgIpc) is 2.52. The third-order valence-corrected chi connectivity index (χ3v) is 2.85. The summed E-state index contributed by atoms with van der Waals surface area (Å²) in [6.07, 6.45) is 3.38. The van der Waals surface area contributed by atoms with Gasteiger partial charge in [0, 0.05) is 18.9 Å². The van der Waals surface area contributed by atoms with Crippen LogP contribution in [0.2, 0.25) is 0 Å². The average molecular weight is 272 g/mol. The van der Waals surface area contributed by atoms with Crippen molar-refractivity contribution in [3.8, 4) is 11.5 Å². The summed E-state index contributed by atoms with van der Waals surface area (Å²) in [6, 6.07) is 8.81. The lowest BCUT2D eigenvalue weighted by Crippen LogP contribution is -2.23. The number of carbonyl (C=O) groups excluding carboxylic acids is 1. The summed E-state index contributed by atoms with van der Waals surface area (Å²) < 4.78 is 10.3. The molecule has 0 radical (unpaired) electrons. The predicted octanol–water partition coefficient (Wildman–Crippen LogP) is 2.03. The standard InChI is InChI=1S/C15H16N2O3/c1-19-12-3-4-14(20-2)13(9-12)15(18)17-10-11-5-7-16-8-6-11/h3-9H,10H2,1-2H3,(H,17,18). The number of ether oxygens (including phenoxy) is 2. The van der Waals surface area contributed by atoms with Gasteiger partial charge in [-0.2, -0.15) is 0 Å². The Bertz CT molecular complexity index is 585. The van der Waals surface area contributed by atoms with Gasteiger partial charge in [0.25, 0.3) is 5.91 Å². The van der Waals surface area contributed by atoms with Crippen molar-refractivity contribution in [1.29, 1.82) is 0 Å². The van der Waals surface area contributed by atoms with Crippen molar-refractivity contribution >= 4 is 5.91 Å². The number of amides is 1. The molecule has 0 aliphatic heterocycles. The summed E-state index contributed by atoms with van der Waals surface area (Å²) in [6.45, 7) is 0.432. The molecule has 0 saturated heterocycles. The normalized spacial score (nSPS) is 9.90. The van der Waals surface area contributed by atoms with Crippen molar-refractivity contribution < 1.29 is 14.3 Å². The highest BCUT2D eigenvalue weighted by molar-refractivity contribution is 5.97. The molecular weight excluding hydrogens is 256 g/mol. The van der Waals surface area contributed by atoms with Gasteiger partial charge in [0.05, 0.1) is 19.8 Å². The number of hydrogen-bond acceptors (Lipinski definition) is 4. The smallest absolute Gasteiger partial charge is 0.255 e. The molecule has 0 saturated carbocycles. The van der Waals surface area contributed by atoms with E-state index in [0.717, 1.165) is 5.56 Å². The van der Waals surface area contributed by atoms with E-state index >= 15 is 0 Å². The van der Waals surface area contributed by atoms with E-state index in [0.29, 0.717) is 23.6 Å². The number of rotatable bonds is 5. The Balaban J connectivity index is 2.12. The predicted molar refractivity (Wildman–Crippen MR) is 75.0 cm³/mol. The third-order valence-electron chi connectivity index (χ3n) is 2.85. The highest BCUT2D eigenvalue weighted by Gasteiger charge is 2.13. The highest BCUT2D eigenvalue weighted by Crippen LogP contribution is 2.23. The molecule has 0 unspecified atom stereocenters. The first-order chi connectivity index (χ1) is 9.74. The van der Waals surface area contributed by atoms with Gasteiger partial charge in [-0.25, -0.2) is 0 Å². The van der Waals surface area contributed by atoms with E-state index in [2.05, 4.69) is 10.3 Å². The van der Waals surface area contributed by atoms with Crippen molar-refractivity contribution in [1.82, 2.24) is 10.3 Å². The fraction of sp³-hybridized carbons (Fsp3) is 0.200. The van der Waals surface area contributed by atoms with Crippen LogP contribution in [0.4, 0.5) is 0 Å². The Morgan fingerprint density at radius 3 is 2.55 bits per heavy atom. The van der Waals surface area contributed by atoms with E-state index in [1.165, 1.54) is 7.11 Å². The van der Waals surface area contributed by atoms with Crippen LogP contribution < -0.4 is 14.8 Å². The molecule has 0 bridgehead atoms. The maximum atomic E-state index is 12.2. The van der Waals surface area contributed by atoms with Gasteiger partial charge < -0.3 is 14.8 Å². The van der Waals surface area contributed by atoms with Gasteiger partial charge in [0.2, 0.25) is 0 Å². The molecule has 0 spiro atoms. The molecule has 1 amide bonds. The van der Waals surface area contributed by atoms with Crippen LogP contribution in [-0.2, 0) is 6.54 Å². The number of methoxy groups -OCH3 is 2. The van der Waals surface area contributed by atoms with E-state index < -0.39 is 0 Å². The molecule has 1 aromatic carbocycles. The van der Waals surface area contributed by atoms with Gasteiger partial charge in [0.15, 0.2) is 0 Å². The number of nitrogens with zero attached hydrogens (tertiary/aromatic N) is 1. The first kappa shape index (κ1) is 13.9. The second kappa shape index (κ2) is 6.56. The molecule has 0 aliphatic rings. The highest BCUT2D eigenvalue weighted by atomic mass is 16.5. The van der Waals surface area contributed by atoms with E-state index in [1.54, 1.807) is 37.7 Å². The molecule has 104 valence electrons. The molecule has 0 fully saturated rings. The van der Waals surface area contributed by atoms with Crippen LogP contribution in [0.25, 0.3) is 0 Å². The van der Waals surface area contributed by atoms with Gasteiger partial charge in [-0.05, 0) is 35.9 Å². The maximum absolute atomic E-state index is 12.2. The lowest BCUT2D eigenvalue weighted by Gasteiger charge is -2.11. The van der Waals surface area contributed by atoms with Crippen LogP contribution in [0.5, 0.6) is 11.5 Å². The molecule has 1 N–H and O–H groups in total. The fourth-order valence-electron chi connectivity index (χ4n) is 1.77. The zero-order valence-electron chi connectivity index (χ0n) is 11.4. The van der Waals surface area contributed by atoms with Crippen molar-refractivity contribution in [2.24, 2.45) is 0 Å². The summed E-state index contributed by atoms with van der Waals surface area (Å²) in [7, 11) is 3.09. The number of benzene rings is 1. The molecule has 5 heteroatoms. The lowest BCUT2D eigenvalue weighted by molar-refractivity contribution is 0.0947. The molecule has 0 aliphatic carbocycles.